The zero-order chi connectivity index (χ0) is 16.0. The highest BCUT2D eigenvalue weighted by molar-refractivity contribution is 6.00. The molecule has 0 fully saturated rings. The molecule has 0 amide bonds. The number of carboxylic acid groups (broad SMARTS) is 1. The van der Waals surface area contributed by atoms with Crippen molar-refractivity contribution in [2.24, 2.45) is 0 Å². The molecule has 0 saturated heterocycles. The maximum atomic E-state index is 13.3. The predicted molar refractivity (Wildman–Crippen MR) is 79.0 cm³/mol. The van der Waals surface area contributed by atoms with Crippen molar-refractivity contribution in [1.29, 1.82) is 0 Å². The van der Waals surface area contributed by atoms with Gasteiger partial charge in [-0.15, -0.1) is 0 Å². The Labute approximate surface area is 124 Å². The topological polar surface area (TPSA) is 66.4 Å². The number of benzene rings is 1. The number of aryl methyl sites for hydroxylation is 1. The molecule has 116 valence electrons. The summed E-state index contributed by atoms with van der Waals surface area (Å²) in [6, 6.07) is 3.75. The maximum Gasteiger partial charge on any atom is 0.303 e. The van der Waals surface area contributed by atoms with Crippen LogP contribution in [0.2, 0.25) is 0 Å². The highest BCUT2D eigenvalue weighted by atomic mass is 19.1. The summed E-state index contributed by atoms with van der Waals surface area (Å²) in [6.07, 6.45) is 0.967. The van der Waals surface area contributed by atoms with Crippen LogP contribution in [0.1, 0.15) is 49.0 Å². The highest BCUT2D eigenvalue weighted by Gasteiger charge is 2.22. The minimum atomic E-state index is -0.936. The fraction of sp³-hybridized carbons (Fsp3) is 0.500. The van der Waals surface area contributed by atoms with Gasteiger partial charge < -0.3 is 10.4 Å². The quantitative estimate of drug-likeness (QED) is 0.724. The summed E-state index contributed by atoms with van der Waals surface area (Å²) >= 11 is 0. The number of ketones is 1. The Bertz CT molecular complexity index is 516. The molecule has 2 N–H and O–H groups in total. The van der Waals surface area contributed by atoms with Crippen molar-refractivity contribution in [1.82, 2.24) is 5.32 Å². The third-order valence-corrected chi connectivity index (χ3v) is 3.50. The van der Waals surface area contributed by atoms with E-state index in [0.717, 1.165) is 6.42 Å². The van der Waals surface area contributed by atoms with Crippen molar-refractivity contribution in [3.8, 4) is 0 Å². The van der Waals surface area contributed by atoms with E-state index in [1.54, 1.807) is 6.92 Å². The summed E-state index contributed by atoms with van der Waals surface area (Å²) in [5, 5.41) is 11.9. The zero-order valence-electron chi connectivity index (χ0n) is 12.6. The van der Waals surface area contributed by atoms with Gasteiger partial charge in [-0.3, -0.25) is 9.59 Å². The molecule has 2 atom stereocenters. The first-order valence-electron chi connectivity index (χ1n) is 7.13. The van der Waals surface area contributed by atoms with E-state index >= 15 is 0 Å². The summed E-state index contributed by atoms with van der Waals surface area (Å²) in [4.78, 5) is 23.2. The number of carbonyl (C=O) groups is 2. The van der Waals surface area contributed by atoms with Crippen molar-refractivity contribution >= 4 is 11.8 Å². The number of rotatable bonds is 8. The molecule has 5 heteroatoms. The van der Waals surface area contributed by atoms with Gasteiger partial charge >= 0.3 is 5.97 Å². The summed E-state index contributed by atoms with van der Waals surface area (Å²) in [7, 11) is 0. The van der Waals surface area contributed by atoms with Crippen LogP contribution in [0.15, 0.2) is 18.2 Å². The first kappa shape index (κ1) is 17.3. The Morgan fingerprint density at radius 1 is 1.38 bits per heavy atom. The highest BCUT2D eigenvalue weighted by Crippen LogP contribution is 2.14. The second-order valence-corrected chi connectivity index (χ2v) is 5.29. The second-order valence-electron chi connectivity index (χ2n) is 5.29. The molecule has 0 aromatic heterocycles. The number of aliphatic carboxylic acids is 1. The van der Waals surface area contributed by atoms with Gasteiger partial charge in [-0.1, -0.05) is 6.92 Å². The average molecular weight is 295 g/mol. The van der Waals surface area contributed by atoms with Crippen LogP contribution < -0.4 is 5.32 Å². The molecular formula is C16H22FNO3. The predicted octanol–water partition coefficient (Wildman–Crippen LogP) is 2.94. The van der Waals surface area contributed by atoms with Gasteiger partial charge in [0.05, 0.1) is 6.04 Å². The molecule has 0 saturated carbocycles. The van der Waals surface area contributed by atoms with E-state index < -0.39 is 12.0 Å². The Morgan fingerprint density at radius 3 is 2.57 bits per heavy atom. The zero-order valence-corrected chi connectivity index (χ0v) is 12.6. The number of carboxylic acids is 1. The molecule has 0 spiro atoms. The summed E-state index contributed by atoms with van der Waals surface area (Å²) in [6.45, 7) is 5.52. The summed E-state index contributed by atoms with van der Waals surface area (Å²) < 4.78 is 13.3. The average Bonchev–Trinajstić information content (AvgIpc) is 2.45. The van der Waals surface area contributed by atoms with Crippen LogP contribution in [-0.4, -0.2) is 28.9 Å². The van der Waals surface area contributed by atoms with Gasteiger partial charge in [0.2, 0.25) is 0 Å². The van der Waals surface area contributed by atoms with E-state index in [4.69, 9.17) is 5.11 Å². The number of hydrogen-bond donors (Lipinski definition) is 2. The first-order chi connectivity index (χ1) is 9.85. The van der Waals surface area contributed by atoms with Gasteiger partial charge in [-0.25, -0.2) is 4.39 Å². The molecule has 0 aliphatic carbocycles. The van der Waals surface area contributed by atoms with E-state index in [-0.39, 0.29) is 30.5 Å². The molecule has 4 nitrogen and oxygen atoms in total. The molecule has 1 aromatic carbocycles. The van der Waals surface area contributed by atoms with E-state index in [9.17, 15) is 14.0 Å². The lowest BCUT2D eigenvalue weighted by molar-refractivity contribution is -0.137. The maximum absolute atomic E-state index is 13.3. The van der Waals surface area contributed by atoms with E-state index in [0.29, 0.717) is 11.1 Å². The Kier molecular flexibility index (Phi) is 6.49. The number of Topliss-reactive ketones (excluding diaryl/α,β-unsaturated/α-hetero) is 1. The minimum Gasteiger partial charge on any atom is -0.481 e. The minimum absolute atomic E-state index is 0.0833. The van der Waals surface area contributed by atoms with E-state index in [1.807, 2.05) is 13.8 Å². The molecule has 2 unspecified atom stereocenters. The number of halogens is 1. The Balaban J connectivity index is 2.91. The number of nitrogens with one attached hydrogen (secondary N) is 1. The number of hydrogen-bond acceptors (Lipinski definition) is 3. The molecule has 0 heterocycles. The Hall–Kier alpha value is -1.75. The molecule has 1 aromatic rings. The molecule has 0 aliphatic rings. The fourth-order valence-corrected chi connectivity index (χ4v) is 2.02. The normalized spacial score (nSPS) is 13.7. The molecule has 0 aliphatic heterocycles. The largest absolute Gasteiger partial charge is 0.481 e. The van der Waals surface area contributed by atoms with E-state index in [1.165, 1.54) is 18.2 Å². The van der Waals surface area contributed by atoms with Gasteiger partial charge in [0, 0.05) is 18.0 Å². The van der Waals surface area contributed by atoms with Gasteiger partial charge in [-0.2, -0.15) is 0 Å². The van der Waals surface area contributed by atoms with Crippen LogP contribution in [0, 0.1) is 12.7 Å². The first-order valence-corrected chi connectivity index (χ1v) is 7.13. The van der Waals surface area contributed by atoms with Crippen LogP contribution in [0.3, 0.4) is 0 Å². The third-order valence-electron chi connectivity index (χ3n) is 3.50. The van der Waals surface area contributed by atoms with Gasteiger partial charge in [-0.05, 0) is 50.5 Å². The molecule has 21 heavy (non-hydrogen) atoms. The second kappa shape index (κ2) is 7.88. The van der Waals surface area contributed by atoms with Crippen molar-refractivity contribution in [2.75, 3.05) is 0 Å². The van der Waals surface area contributed by atoms with Crippen molar-refractivity contribution < 1.29 is 19.1 Å². The fourth-order valence-electron chi connectivity index (χ4n) is 2.02. The summed E-state index contributed by atoms with van der Waals surface area (Å²) in [5.41, 5.74) is 0.807. The molecule has 0 radical (unpaired) electrons. The van der Waals surface area contributed by atoms with Crippen LogP contribution in [0.25, 0.3) is 0 Å². The molecule has 1 rings (SSSR count). The third kappa shape index (κ3) is 5.27. The van der Waals surface area contributed by atoms with Gasteiger partial charge in [0.25, 0.3) is 0 Å². The lowest BCUT2D eigenvalue weighted by Crippen LogP contribution is -2.42. The lowest BCUT2D eigenvalue weighted by atomic mass is 9.97. The van der Waals surface area contributed by atoms with Crippen molar-refractivity contribution in [3.63, 3.8) is 0 Å². The van der Waals surface area contributed by atoms with E-state index in [2.05, 4.69) is 5.32 Å². The molecular weight excluding hydrogens is 273 g/mol. The van der Waals surface area contributed by atoms with Crippen molar-refractivity contribution in [3.05, 3.63) is 35.1 Å². The summed E-state index contributed by atoms with van der Waals surface area (Å²) in [5.74, 6) is -1.49. The van der Waals surface area contributed by atoms with Gasteiger partial charge in [0.15, 0.2) is 5.78 Å². The van der Waals surface area contributed by atoms with Gasteiger partial charge in [0.1, 0.15) is 5.82 Å². The van der Waals surface area contributed by atoms with Crippen molar-refractivity contribution in [2.45, 2.75) is 52.1 Å². The SMILES string of the molecule is CCC(C)NC(CCC(=O)O)C(=O)c1ccc(F)c(C)c1. The smallest absolute Gasteiger partial charge is 0.303 e. The number of carbonyl (C=O) groups excluding carboxylic acids is 1. The van der Waals surface area contributed by atoms with Crippen LogP contribution in [-0.2, 0) is 4.79 Å². The monoisotopic (exact) mass is 295 g/mol. The standard InChI is InChI=1S/C16H22FNO3/c1-4-11(3)18-14(7-8-15(19)20)16(21)12-5-6-13(17)10(2)9-12/h5-6,9,11,14,18H,4,7-8H2,1-3H3,(H,19,20). The van der Waals surface area contributed by atoms with Crippen LogP contribution in [0.5, 0.6) is 0 Å². The Morgan fingerprint density at radius 2 is 2.05 bits per heavy atom. The van der Waals surface area contributed by atoms with Crippen LogP contribution in [0.4, 0.5) is 4.39 Å². The lowest BCUT2D eigenvalue weighted by Gasteiger charge is -2.21. The van der Waals surface area contributed by atoms with Crippen LogP contribution >= 0.6 is 0 Å². The molecule has 0 bridgehead atoms.